The first kappa shape index (κ1) is 19.0. The van der Waals surface area contributed by atoms with Gasteiger partial charge in [-0.15, -0.1) is 0 Å². The second-order valence-electron chi connectivity index (χ2n) is 6.12. The van der Waals surface area contributed by atoms with Crippen molar-refractivity contribution in [3.05, 3.63) is 85.0 Å². The number of hydrogen-bond acceptors (Lipinski definition) is 5. The minimum Gasteiger partial charge on any atom is -0.340 e. The molecule has 2 heterocycles. The Balaban J connectivity index is 1.39. The molecule has 0 saturated carbocycles. The molecular weight excluding hydrogens is 392 g/mol. The second-order valence-corrected chi connectivity index (χ2v) is 6.12. The topological polar surface area (TPSA) is 96.8 Å². The molecule has 10 heteroatoms. The number of rotatable bonds is 5. The molecule has 3 N–H and O–H groups in total. The molecule has 4 aromatic rings. The van der Waals surface area contributed by atoms with Crippen LogP contribution < -0.4 is 16.0 Å². The van der Waals surface area contributed by atoms with E-state index < -0.39 is 17.7 Å². The van der Waals surface area contributed by atoms with Crippen molar-refractivity contribution in [2.45, 2.75) is 0 Å². The molecule has 150 valence electrons. The normalized spacial score (nSPS) is 10.5. The van der Waals surface area contributed by atoms with Gasteiger partial charge in [0.25, 0.3) is 0 Å². The Hall–Kier alpha value is -4.34. The van der Waals surface area contributed by atoms with Crippen LogP contribution in [0.5, 0.6) is 0 Å². The summed E-state index contributed by atoms with van der Waals surface area (Å²) in [6, 6.07) is 12.4. The number of benzene rings is 2. The zero-order valence-electron chi connectivity index (χ0n) is 15.4. The van der Waals surface area contributed by atoms with Gasteiger partial charge < -0.3 is 16.0 Å². The molecule has 8 nitrogen and oxygen atoms in total. The van der Waals surface area contributed by atoms with Gasteiger partial charge in [-0.3, -0.25) is 0 Å². The molecule has 2 aromatic heterocycles. The third-order valence-electron chi connectivity index (χ3n) is 3.98. The third-order valence-corrected chi connectivity index (χ3v) is 3.98. The Morgan fingerprint density at radius 3 is 2.50 bits per heavy atom. The number of amides is 2. The maximum atomic E-state index is 13.6. The van der Waals surface area contributed by atoms with E-state index in [2.05, 4.69) is 31.0 Å². The Bertz CT molecular complexity index is 1160. The summed E-state index contributed by atoms with van der Waals surface area (Å²) in [5, 5.41) is 12.1. The van der Waals surface area contributed by atoms with E-state index in [0.717, 1.165) is 23.9 Å². The first-order valence-electron chi connectivity index (χ1n) is 8.79. The zero-order valence-corrected chi connectivity index (χ0v) is 15.4. The molecule has 2 amide bonds. The summed E-state index contributed by atoms with van der Waals surface area (Å²) in [5.41, 5.74) is 0.944. The Kier molecular flexibility index (Phi) is 5.29. The number of hydrogen-bond donors (Lipinski definition) is 3. The lowest BCUT2D eigenvalue weighted by Gasteiger charge is -2.10. The molecule has 30 heavy (non-hydrogen) atoms. The SMILES string of the molecule is O=C(Nc1ccc(Nc2cc(-n3cccn3)ncn2)cc1)Nc1cc(F)ccc1F. The van der Waals surface area contributed by atoms with E-state index in [1.165, 1.54) is 6.33 Å². The van der Waals surface area contributed by atoms with Crippen molar-refractivity contribution in [1.29, 1.82) is 0 Å². The molecule has 2 aromatic carbocycles. The highest BCUT2D eigenvalue weighted by molar-refractivity contribution is 5.99. The number of nitrogens with zero attached hydrogens (tertiary/aromatic N) is 4. The molecule has 0 aliphatic rings. The zero-order chi connectivity index (χ0) is 20.9. The van der Waals surface area contributed by atoms with E-state index in [1.54, 1.807) is 53.5 Å². The van der Waals surface area contributed by atoms with E-state index in [1.807, 2.05) is 0 Å². The summed E-state index contributed by atoms with van der Waals surface area (Å²) < 4.78 is 28.4. The molecule has 4 rings (SSSR count). The van der Waals surface area contributed by atoms with Crippen LogP contribution in [0.15, 0.2) is 73.3 Å². The van der Waals surface area contributed by atoms with Crippen LogP contribution in [0.1, 0.15) is 0 Å². The van der Waals surface area contributed by atoms with Crippen molar-refractivity contribution >= 4 is 28.9 Å². The molecule has 0 spiro atoms. The van der Waals surface area contributed by atoms with Gasteiger partial charge in [0, 0.05) is 35.9 Å². The number of nitrogens with one attached hydrogen (secondary N) is 3. The smallest absolute Gasteiger partial charge is 0.323 e. The highest BCUT2D eigenvalue weighted by Crippen LogP contribution is 2.19. The number of aromatic nitrogens is 4. The van der Waals surface area contributed by atoms with Crippen LogP contribution in [-0.4, -0.2) is 25.8 Å². The van der Waals surface area contributed by atoms with E-state index in [9.17, 15) is 13.6 Å². The lowest BCUT2D eigenvalue weighted by molar-refractivity contribution is 0.262. The molecule has 0 aliphatic carbocycles. The number of anilines is 4. The van der Waals surface area contributed by atoms with Crippen molar-refractivity contribution in [3.8, 4) is 5.82 Å². The van der Waals surface area contributed by atoms with Crippen molar-refractivity contribution in [1.82, 2.24) is 19.7 Å². The standard InChI is InChI=1S/C20H15F2N7O/c21-13-2-7-16(22)17(10-13)28-20(30)27-15-5-3-14(4-6-15)26-18-11-19(24-12-23-18)29-9-1-8-25-29/h1-12H,(H,23,24,26)(H2,27,28,30). The molecule has 0 saturated heterocycles. The fraction of sp³-hybridized carbons (Fsp3) is 0. The minimum atomic E-state index is -0.731. The lowest BCUT2D eigenvalue weighted by Crippen LogP contribution is -2.20. The van der Waals surface area contributed by atoms with Crippen LogP contribution in [-0.2, 0) is 0 Å². The van der Waals surface area contributed by atoms with Crippen molar-refractivity contribution < 1.29 is 13.6 Å². The number of carbonyl (C=O) groups is 1. The summed E-state index contributed by atoms with van der Waals surface area (Å²) >= 11 is 0. The van der Waals surface area contributed by atoms with Gasteiger partial charge in [0.1, 0.15) is 23.8 Å². The molecule has 0 atom stereocenters. The van der Waals surface area contributed by atoms with Crippen LogP contribution in [0.4, 0.5) is 36.5 Å². The average Bonchev–Trinajstić information content (AvgIpc) is 3.27. The van der Waals surface area contributed by atoms with Gasteiger partial charge in [-0.2, -0.15) is 5.10 Å². The monoisotopic (exact) mass is 407 g/mol. The van der Waals surface area contributed by atoms with E-state index in [4.69, 9.17) is 0 Å². The van der Waals surface area contributed by atoms with Gasteiger partial charge in [0.05, 0.1) is 5.69 Å². The lowest BCUT2D eigenvalue weighted by atomic mass is 10.2. The molecule has 0 aliphatic heterocycles. The average molecular weight is 407 g/mol. The van der Waals surface area contributed by atoms with Crippen molar-refractivity contribution in [2.24, 2.45) is 0 Å². The number of urea groups is 1. The largest absolute Gasteiger partial charge is 0.340 e. The first-order chi connectivity index (χ1) is 14.6. The van der Waals surface area contributed by atoms with Gasteiger partial charge in [0.2, 0.25) is 0 Å². The fourth-order valence-electron chi connectivity index (χ4n) is 2.61. The third kappa shape index (κ3) is 4.55. The van der Waals surface area contributed by atoms with Crippen molar-refractivity contribution in [2.75, 3.05) is 16.0 Å². The fourth-order valence-corrected chi connectivity index (χ4v) is 2.61. The van der Waals surface area contributed by atoms with Crippen LogP contribution in [0.2, 0.25) is 0 Å². The van der Waals surface area contributed by atoms with Gasteiger partial charge in [0.15, 0.2) is 5.82 Å². The quantitative estimate of drug-likeness (QED) is 0.458. The van der Waals surface area contributed by atoms with Gasteiger partial charge in [-0.1, -0.05) is 0 Å². The van der Waals surface area contributed by atoms with Crippen molar-refractivity contribution in [3.63, 3.8) is 0 Å². The van der Waals surface area contributed by atoms with Crippen LogP contribution >= 0.6 is 0 Å². The summed E-state index contributed by atoms with van der Waals surface area (Å²) in [4.78, 5) is 20.3. The minimum absolute atomic E-state index is 0.248. The van der Waals surface area contributed by atoms with E-state index in [-0.39, 0.29) is 5.69 Å². The second kappa shape index (κ2) is 8.35. The first-order valence-corrected chi connectivity index (χ1v) is 8.79. The van der Waals surface area contributed by atoms with E-state index in [0.29, 0.717) is 17.3 Å². The predicted octanol–water partition coefficient (Wildman–Crippen LogP) is 4.33. The van der Waals surface area contributed by atoms with Crippen LogP contribution in [0.25, 0.3) is 5.82 Å². The van der Waals surface area contributed by atoms with Gasteiger partial charge >= 0.3 is 6.03 Å². The summed E-state index contributed by atoms with van der Waals surface area (Å²) in [6.07, 6.45) is 4.85. The molecule has 0 fully saturated rings. The molecular formula is C20H15F2N7O. The van der Waals surface area contributed by atoms with Crippen LogP contribution in [0.3, 0.4) is 0 Å². The summed E-state index contributed by atoms with van der Waals surface area (Å²) in [7, 11) is 0. The Labute approximate surface area is 169 Å². The maximum Gasteiger partial charge on any atom is 0.323 e. The molecule has 0 radical (unpaired) electrons. The van der Waals surface area contributed by atoms with Gasteiger partial charge in [-0.25, -0.2) is 28.2 Å². The predicted molar refractivity (Wildman–Crippen MR) is 108 cm³/mol. The van der Waals surface area contributed by atoms with Crippen LogP contribution in [0, 0.1) is 11.6 Å². The summed E-state index contributed by atoms with van der Waals surface area (Å²) in [5.74, 6) is -0.208. The maximum absolute atomic E-state index is 13.6. The summed E-state index contributed by atoms with van der Waals surface area (Å²) in [6.45, 7) is 0. The Morgan fingerprint density at radius 2 is 1.73 bits per heavy atom. The highest BCUT2D eigenvalue weighted by Gasteiger charge is 2.09. The number of carbonyl (C=O) groups excluding carboxylic acids is 1. The Morgan fingerprint density at radius 1 is 0.933 bits per heavy atom. The van der Waals surface area contributed by atoms with E-state index >= 15 is 0 Å². The van der Waals surface area contributed by atoms with Gasteiger partial charge in [-0.05, 0) is 42.5 Å². The highest BCUT2D eigenvalue weighted by atomic mass is 19.1. The molecule has 0 bridgehead atoms. The number of halogens is 2. The molecule has 0 unspecified atom stereocenters.